The summed E-state index contributed by atoms with van der Waals surface area (Å²) in [7, 11) is 0. The molecule has 8 bridgehead atoms. The van der Waals surface area contributed by atoms with Gasteiger partial charge in [0.15, 0.2) is 0 Å². The van der Waals surface area contributed by atoms with Crippen molar-refractivity contribution in [3.05, 3.63) is 168 Å². The fourth-order valence-electron chi connectivity index (χ4n) is 6.59. The summed E-state index contributed by atoms with van der Waals surface area (Å²) in [6.07, 6.45) is 8.43. The van der Waals surface area contributed by atoms with Gasteiger partial charge in [-0.2, -0.15) is 0 Å². The van der Waals surface area contributed by atoms with Crippen molar-refractivity contribution in [3.8, 4) is 33.4 Å². The Kier molecular flexibility index (Phi) is 11.2. The number of halogens is 1. The van der Waals surface area contributed by atoms with Crippen LogP contribution in [0.5, 0.6) is 0 Å². The topological polar surface area (TPSA) is 134 Å². The zero-order valence-corrected chi connectivity index (χ0v) is 32.4. The number of nitrogens with one attached hydrogen (secondary N) is 3. The van der Waals surface area contributed by atoms with E-state index in [1.54, 1.807) is 0 Å². The SMILES string of the molecule is C1=Cc2nc1cc1ccc([nH]1)c(-c1ccccc1)c1nc(c(-c3ccccc3)c3ccc([nH]3)c2-c2ccccc2)C=C1.Cl.NN=C(N)Nc1ccc[c]([Au])c1. The van der Waals surface area contributed by atoms with Gasteiger partial charge in [0, 0.05) is 38.8 Å². The first-order valence-electron chi connectivity index (χ1n) is 17.3. The number of hydrazone groups is 1. The molecule has 7 aromatic rings. The summed E-state index contributed by atoms with van der Waals surface area (Å²) in [4.78, 5) is 17.7. The van der Waals surface area contributed by atoms with Gasteiger partial charge in [-0.15, -0.1) is 12.4 Å². The Hall–Kier alpha value is -6.42. The van der Waals surface area contributed by atoms with Crippen molar-refractivity contribution in [1.29, 1.82) is 0 Å². The predicted molar refractivity (Wildman–Crippen MR) is 228 cm³/mol. The standard InChI is InChI=1S/C38H26N4.C7H9N4.Au.ClH/c1-4-10-25(11-5-1)36-30-18-16-28(39-30)24-29-17-19-31(40-29)37(26-12-6-2-7-13-26)33-21-23-35(42-33)38(27-14-8-3-9-15-27)34-22-20-32(36)41-34;8-7(11-9)10-6-4-2-1-3-5-6;;/h1-24,39,42H;1-2,4-5H,9H2,(H3,8,10,11);;1H. The second kappa shape index (κ2) is 16.7. The van der Waals surface area contributed by atoms with E-state index in [-0.39, 0.29) is 18.4 Å². The summed E-state index contributed by atoms with van der Waals surface area (Å²) in [6, 6.07) is 49.7. The Morgan fingerprint density at radius 3 is 1.56 bits per heavy atom. The molecule has 0 aliphatic carbocycles. The number of hydrogen-bond acceptors (Lipinski definition) is 4. The first kappa shape index (κ1) is 36.9. The second-order valence-electron chi connectivity index (χ2n) is 12.6. The van der Waals surface area contributed by atoms with Crippen LogP contribution >= 0.6 is 12.4 Å². The molecule has 2 aliphatic rings. The summed E-state index contributed by atoms with van der Waals surface area (Å²) in [6.45, 7) is 0. The number of nitrogens with zero attached hydrogens (tertiary/aromatic N) is 3. The van der Waals surface area contributed by atoms with Gasteiger partial charge in [-0.3, -0.25) is 0 Å². The maximum absolute atomic E-state index is 5.36. The average Bonchev–Trinajstić information content (AvgIpc) is 4.04. The van der Waals surface area contributed by atoms with Crippen LogP contribution in [0.15, 0.2) is 151 Å². The van der Waals surface area contributed by atoms with Crippen LogP contribution in [0.4, 0.5) is 5.69 Å². The molecule has 10 heteroatoms. The van der Waals surface area contributed by atoms with Crippen LogP contribution in [0.2, 0.25) is 0 Å². The van der Waals surface area contributed by atoms with E-state index in [2.05, 4.69) is 169 Å². The quantitative estimate of drug-likeness (QED) is 0.0395. The van der Waals surface area contributed by atoms with E-state index in [9.17, 15) is 0 Å². The van der Waals surface area contributed by atoms with Crippen LogP contribution in [-0.2, 0) is 21.1 Å². The van der Waals surface area contributed by atoms with Crippen LogP contribution in [0.1, 0.15) is 22.8 Å². The number of aromatic amines is 2. The number of benzene rings is 4. The molecule has 0 saturated carbocycles. The molecule has 3 aromatic heterocycles. The summed E-state index contributed by atoms with van der Waals surface area (Å²) in [5.41, 5.74) is 20.4. The molecule has 9 rings (SSSR count). The van der Waals surface area contributed by atoms with Crippen molar-refractivity contribution in [2.75, 3.05) is 5.32 Å². The molecule has 0 unspecified atom stereocenters. The van der Waals surface area contributed by atoms with Crippen molar-refractivity contribution in [1.82, 2.24) is 19.9 Å². The van der Waals surface area contributed by atoms with Gasteiger partial charge in [0.25, 0.3) is 0 Å². The average molecular weight is 921 g/mol. The summed E-state index contributed by atoms with van der Waals surface area (Å²) < 4.78 is 1.10. The van der Waals surface area contributed by atoms with Gasteiger partial charge >= 0.3 is 82.8 Å². The molecule has 55 heavy (non-hydrogen) atoms. The minimum atomic E-state index is 0. The number of nitrogens with two attached hydrogens (primary N) is 2. The van der Waals surface area contributed by atoms with Gasteiger partial charge in [0.05, 0.1) is 22.8 Å². The van der Waals surface area contributed by atoms with Gasteiger partial charge in [-0.25, -0.2) is 9.97 Å². The molecule has 0 radical (unpaired) electrons. The van der Waals surface area contributed by atoms with Crippen LogP contribution in [0.25, 0.3) is 79.8 Å². The Labute approximate surface area is 337 Å². The molecule has 0 saturated heterocycles. The van der Waals surface area contributed by atoms with E-state index in [1.165, 1.54) is 0 Å². The molecular weight excluding hydrogens is 885 g/mol. The Balaban J connectivity index is 0.000000309. The molecule has 274 valence electrons. The van der Waals surface area contributed by atoms with E-state index < -0.39 is 0 Å². The van der Waals surface area contributed by atoms with Crippen molar-refractivity contribution in [2.24, 2.45) is 16.7 Å². The Bertz CT molecular complexity index is 2680. The normalized spacial score (nSPS) is 11.7. The molecule has 2 aliphatic heterocycles. The summed E-state index contributed by atoms with van der Waals surface area (Å²) in [5, 5.41) is 6.12. The van der Waals surface area contributed by atoms with E-state index in [1.807, 2.05) is 42.5 Å². The number of anilines is 1. The van der Waals surface area contributed by atoms with Crippen LogP contribution in [0, 0.1) is 0 Å². The second-order valence-corrected chi connectivity index (χ2v) is 13.8. The zero-order valence-electron chi connectivity index (χ0n) is 29.4. The van der Waals surface area contributed by atoms with Gasteiger partial charge in [-0.05, 0) is 71.3 Å². The van der Waals surface area contributed by atoms with Crippen molar-refractivity contribution in [2.45, 2.75) is 0 Å². The van der Waals surface area contributed by atoms with E-state index in [0.717, 1.165) is 87.7 Å². The molecular formula is C45H36AuClN8. The molecule has 5 heterocycles. The van der Waals surface area contributed by atoms with Gasteiger partial charge < -0.3 is 9.97 Å². The molecule has 8 nitrogen and oxygen atoms in total. The number of rotatable bonds is 4. The first-order valence-corrected chi connectivity index (χ1v) is 18.4. The van der Waals surface area contributed by atoms with E-state index in [0.29, 0.717) is 0 Å². The van der Waals surface area contributed by atoms with Gasteiger partial charge in [0.1, 0.15) is 0 Å². The predicted octanol–water partition coefficient (Wildman–Crippen LogP) is 9.54. The monoisotopic (exact) mass is 920 g/mol. The third-order valence-electron chi connectivity index (χ3n) is 8.98. The van der Waals surface area contributed by atoms with Crippen molar-refractivity contribution >= 4 is 74.2 Å². The summed E-state index contributed by atoms with van der Waals surface area (Å²) in [5.74, 6) is 5.16. The van der Waals surface area contributed by atoms with Crippen LogP contribution < -0.4 is 20.7 Å². The third kappa shape index (κ3) is 8.23. The molecule has 0 atom stereocenters. The third-order valence-corrected chi connectivity index (χ3v) is 9.65. The molecule has 0 spiro atoms. The van der Waals surface area contributed by atoms with Crippen LogP contribution in [0.3, 0.4) is 0 Å². The number of aromatic nitrogens is 4. The van der Waals surface area contributed by atoms with Crippen LogP contribution in [-0.4, -0.2) is 25.9 Å². The van der Waals surface area contributed by atoms with Gasteiger partial charge in [-0.1, -0.05) is 91.0 Å². The van der Waals surface area contributed by atoms with Crippen molar-refractivity contribution < 1.29 is 21.1 Å². The Morgan fingerprint density at radius 1 is 0.545 bits per heavy atom. The first-order chi connectivity index (χ1) is 26.5. The fourth-order valence-corrected chi connectivity index (χ4v) is 7.14. The number of fused-ring (bicyclic) bond motifs is 8. The fraction of sp³-hybridized carbons (Fsp3) is 0. The molecule has 0 fully saturated rings. The molecule has 4 aromatic carbocycles. The van der Waals surface area contributed by atoms with E-state index >= 15 is 0 Å². The zero-order chi connectivity index (χ0) is 36.9. The van der Waals surface area contributed by atoms with E-state index in [4.69, 9.17) is 21.5 Å². The maximum atomic E-state index is 5.36. The molecule has 7 N–H and O–H groups in total. The number of guanidine groups is 1. The van der Waals surface area contributed by atoms with Gasteiger partial charge in [0.2, 0.25) is 0 Å². The number of H-pyrrole nitrogens is 2. The number of hydrogen-bond donors (Lipinski definition) is 5. The Morgan fingerprint density at radius 2 is 1.04 bits per heavy atom. The summed E-state index contributed by atoms with van der Waals surface area (Å²) >= 11 is 2.39. The minimum absolute atomic E-state index is 0. The molecule has 0 amide bonds. The van der Waals surface area contributed by atoms with Crippen molar-refractivity contribution in [3.63, 3.8) is 0 Å².